The Morgan fingerprint density at radius 3 is 2.86 bits per heavy atom. The first kappa shape index (κ1) is 13.4. The van der Waals surface area contributed by atoms with Crippen LogP contribution in [-0.2, 0) is 0 Å². The molecule has 0 fully saturated rings. The number of nitrogens with two attached hydrogens (primary N) is 1. The van der Waals surface area contributed by atoms with E-state index in [0.29, 0.717) is 16.7 Å². The minimum atomic E-state index is -0.0213. The number of hydrogen-bond donors (Lipinski definition) is 2. The molecule has 0 atom stereocenters. The van der Waals surface area contributed by atoms with Gasteiger partial charge in [0.1, 0.15) is 0 Å². The highest BCUT2D eigenvalue weighted by atomic mass is 32.2. The first-order valence-corrected chi connectivity index (χ1v) is 6.84. The number of pyridine rings is 1. The van der Waals surface area contributed by atoms with Crippen molar-refractivity contribution in [3.63, 3.8) is 0 Å². The molecule has 0 aliphatic carbocycles. The quantitative estimate of drug-likeness (QED) is 0.330. The number of hydrogen-bond acceptors (Lipinski definition) is 7. The lowest BCUT2D eigenvalue weighted by Crippen LogP contribution is -2.14. The van der Waals surface area contributed by atoms with Gasteiger partial charge in [0.15, 0.2) is 5.84 Å². The second-order valence-electron chi connectivity index (χ2n) is 4.19. The van der Waals surface area contributed by atoms with E-state index in [-0.39, 0.29) is 5.84 Å². The maximum Gasteiger partial charge on any atom is 0.281 e. The van der Waals surface area contributed by atoms with Crippen LogP contribution in [0.5, 0.6) is 0 Å². The number of aromatic nitrogens is 3. The van der Waals surface area contributed by atoms with E-state index in [1.54, 1.807) is 13.1 Å². The predicted octanol–water partition coefficient (Wildman–Crippen LogP) is 2.17. The molecule has 2 heterocycles. The average molecular weight is 301 g/mol. The van der Waals surface area contributed by atoms with Crippen molar-refractivity contribution in [2.45, 2.75) is 17.0 Å². The maximum absolute atomic E-state index is 8.93. The van der Waals surface area contributed by atoms with E-state index < -0.39 is 0 Å². The second-order valence-corrected chi connectivity index (χ2v) is 5.15. The van der Waals surface area contributed by atoms with E-state index in [1.165, 1.54) is 11.8 Å². The number of amidine groups is 1. The Balaban J connectivity index is 2.20. The summed E-state index contributed by atoms with van der Waals surface area (Å²) in [4.78, 5) is 5.06. The van der Waals surface area contributed by atoms with Gasteiger partial charge in [-0.25, -0.2) is 0 Å². The topological polar surface area (TPSA) is 110 Å². The average Bonchev–Trinajstić information content (AvgIpc) is 2.92. The summed E-state index contributed by atoms with van der Waals surface area (Å²) in [5, 5.41) is 21.0. The number of para-hydroxylation sites is 1. The van der Waals surface area contributed by atoms with Crippen LogP contribution in [0.2, 0.25) is 0 Å². The molecule has 0 saturated heterocycles. The zero-order chi connectivity index (χ0) is 14.8. The fourth-order valence-corrected chi connectivity index (χ4v) is 2.84. The van der Waals surface area contributed by atoms with Crippen molar-refractivity contribution in [1.82, 2.24) is 15.2 Å². The van der Waals surface area contributed by atoms with Gasteiger partial charge in [-0.1, -0.05) is 23.4 Å². The van der Waals surface area contributed by atoms with Crippen LogP contribution in [0, 0.1) is 6.92 Å². The first-order chi connectivity index (χ1) is 10.2. The number of oxime groups is 1. The molecule has 3 rings (SSSR count). The number of benzene rings is 1. The largest absolute Gasteiger partial charge is 0.416 e. The van der Waals surface area contributed by atoms with Gasteiger partial charge in [0.2, 0.25) is 5.89 Å². The molecule has 8 heteroatoms. The summed E-state index contributed by atoms with van der Waals surface area (Å²) in [6.45, 7) is 1.71. The molecule has 0 amide bonds. The molecule has 7 nitrogen and oxygen atoms in total. The third-order valence-corrected chi connectivity index (χ3v) is 3.79. The van der Waals surface area contributed by atoms with Crippen molar-refractivity contribution in [3.05, 3.63) is 41.9 Å². The number of nitrogens with zero attached hydrogens (tertiary/aromatic N) is 4. The van der Waals surface area contributed by atoms with Crippen molar-refractivity contribution in [3.8, 4) is 0 Å². The zero-order valence-electron chi connectivity index (χ0n) is 11.0. The lowest BCUT2D eigenvalue weighted by Gasteiger charge is -2.09. The third kappa shape index (κ3) is 2.52. The first-order valence-electron chi connectivity index (χ1n) is 6.02. The summed E-state index contributed by atoms with van der Waals surface area (Å²) in [6.07, 6.45) is 1.56. The summed E-state index contributed by atoms with van der Waals surface area (Å²) < 4.78 is 5.38. The van der Waals surface area contributed by atoms with E-state index in [1.807, 2.05) is 24.3 Å². The van der Waals surface area contributed by atoms with E-state index >= 15 is 0 Å². The molecule has 3 N–H and O–H groups in total. The van der Waals surface area contributed by atoms with Crippen molar-refractivity contribution < 1.29 is 9.62 Å². The Kier molecular flexibility index (Phi) is 3.44. The number of rotatable bonds is 3. The van der Waals surface area contributed by atoms with E-state index in [2.05, 4.69) is 20.3 Å². The Bertz CT molecular complexity index is 830. The maximum atomic E-state index is 8.93. The molecule has 0 saturated carbocycles. The molecule has 0 unspecified atom stereocenters. The monoisotopic (exact) mass is 301 g/mol. The molecular formula is C13H11N5O2S. The molecule has 0 spiro atoms. The van der Waals surface area contributed by atoms with Crippen LogP contribution in [0.25, 0.3) is 10.9 Å². The summed E-state index contributed by atoms with van der Waals surface area (Å²) in [6, 6.07) is 7.57. The van der Waals surface area contributed by atoms with Gasteiger partial charge in [0.25, 0.3) is 5.22 Å². The summed E-state index contributed by atoms with van der Waals surface area (Å²) in [5.41, 5.74) is 7.03. The van der Waals surface area contributed by atoms with Crippen LogP contribution in [0.3, 0.4) is 0 Å². The molecule has 106 valence electrons. The van der Waals surface area contributed by atoms with Gasteiger partial charge < -0.3 is 15.4 Å². The molecule has 2 aromatic heterocycles. The molecule has 1 aromatic carbocycles. The van der Waals surface area contributed by atoms with Gasteiger partial charge in [-0.2, -0.15) is 0 Å². The second kappa shape index (κ2) is 5.41. The number of aryl methyl sites for hydroxylation is 1. The molecule has 0 radical (unpaired) electrons. The van der Waals surface area contributed by atoms with Crippen LogP contribution in [0.1, 0.15) is 11.5 Å². The van der Waals surface area contributed by atoms with Crippen molar-refractivity contribution in [1.29, 1.82) is 0 Å². The normalized spacial score (nSPS) is 12.0. The van der Waals surface area contributed by atoms with Gasteiger partial charge in [0.05, 0.1) is 11.1 Å². The van der Waals surface area contributed by atoms with Crippen LogP contribution >= 0.6 is 11.8 Å². The van der Waals surface area contributed by atoms with Crippen LogP contribution in [0.15, 0.2) is 50.2 Å². The van der Waals surface area contributed by atoms with Crippen LogP contribution in [-0.4, -0.2) is 26.2 Å². The summed E-state index contributed by atoms with van der Waals surface area (Å²) in [7, 11) is 0. The van der Waals surface area contributed by atoms with Crippen LogP contribution in [0.4, 0.5) is 0 Å². The van der Waals surface area contributed by atoms with Gasteiger partial charge in [-0.15, -0.1) is 10.2 Å². The smallest absolute Gasteiger partial charge is 0.281 e. The highest BCUT2D eigenvalue weighted by molar-refractivity contribution is 7.99. The SMILES string of the molecule is Cc1nnc(Sc2c(C(N)=NO)cnc3ccccc23)o1. The number of fused-ring (bicyclic) bond motifs is 1. The van der Waals surface area contributed by atoms with Gasteiger partial charge in [0, 0.05) is 23.4 Å². The fourth-order valence-electron chi connectivity index (χ4n) is 1.87. The Hall–Kier alpha value is -2.61. The third-order valence-electron chi connectivity index (χ3n) is 2.81. The van der Waals surface area contributed by atoms with E-state index in [0.717, 1.165) is 15.8 Å². The highest BCUT2D eigenvalue weighted by Crippen LogP contribution is 2.34. The minimum Gasteiger partial charge on any atom is -0.416 e. The molecule has 0 aliphatic rings. The molecular weight excluding hydrogens is 290 g/mol. The Labute approximate surface area is 123 Å². The summed E-state index contributed by atoms with van der Waals surface area (Å²) >= 11 is 1.26. The Morgan fingerprint density at radius 1 is 1.33 bits per heavy atom. The van der Waals surface area contributed by atoms with E-state index in [9.17, 15) is 0 Å². The lowest BCUT2D eigenvalue weighted by molar-refractivity contribution is 0.318. The predicted molar refractivity (Wildman–Crippen MR) is 77.4 cm³/mol. The minimum absolute atomic E-state index is 0.0213. The zero-order valence-corrected chi connectivity index (χ0v) is 11.8. The molecule has 0 aliphatic heterocycles. The highest BCUT2D eigenvalue weighted by Gasteiger charge is 2.16. The van der Waals surface area contributed by atoms with Crippen molar-refractivity contribution >= 4 is 28.5 Å². The summed E-state index contributed by atoms with van der Waals surface area (Å²) in [5.74, 6) is 0.452. The van der Waals surface area contributed by atoms with Crippen LogP contribution < -0.4 is 5.73 Å². The molecule has 0 bridgehead atoms. The van der Waals surface area contributed by atoms with Crippen molar-refractivity contribution in [2.24, 2.45) is 10.9 Å². The van der Waals surface area contributed by atoms with E-state index in [4.69, 9.17) is 15.4 Å². The fraction of sp³-hybridized carbons (Fsp3) is 0.0769. The van der Waals surface area contributed by atoms with Gasteiger partial charge >= 0.3 is 0 Å². The lowest BCUT2D eigenvalue weighted by atomic mass is 10.1. The van der Waals surface area contributed by atoms with Gasteiger partial charge in [-0.05, 0) is 17.8 Å². The molecule has 21 heavy (non-hydrogen) atoms. The van der Waals surface area contributed by atoms with Crippen molar-refractivity contribution in [2.75, 3.05) is 0 Å². The Morgan fingerprint density at radius 2 is 2.14 bits per heavy atom. The standard InChI is InChI=1S/C13H11N5O2S/c1-7-16-17-13(20-7)21-11-8-4-2-3-5-10(8)15-6-9(11)12(14)18-19/h2-6,19H,1H3,(H2,14,18). The van der Waals surface area contributed by atoms with Gasteiger partial charge in [-0.3, -0.25) is 4.98 Å². The molecule has 3 aromatic rings.